The minimum atomic E-state index is -3.06. The van der Waals surface area contributed by atoms with Gasteiger partial charge in [0, 0.05) is 0 Å². The zero-order valence-corrected chi connectivity index (χ0v) is 11.2. The molecule has 0 heterocycles. The van der Waals surface area contributed by atoms with E-state index in [4.69, 9.17) is 39.9 Å². The van der Waals surface area contributed by atoms with E-state index in [0.717, 1.165) is 6.92 Å². The molecule has 0 bridgehead atoms. The fourth-order valence-corrected chi connectivity index (χ4v) is 2.59. The van der Waals surface area contributed by atoms with E-state index in [2.05, 4.69) is 0 Å². The third-order valence-corrected chi connectivity index (χ3v) is 4.27. The summed E-state index contributed by atoms with van der Waals surface area (Å²) >= 11 is 16.5. The van der Waals surface area contributed by atoms with E-state index in [1.807, 2.05) is 0 Å². The van der Waals surface area contributed by atoms with Gasteiger partial charge in [-0.05, 0) is 13.0 Å². The summed E-state index contributed by atoms with van der Waals surface area (Å²) in [6, 6.07) is 0. The topological polar surface area (TPSA) is 115 Å². The van der Waals surface area contributed by atoms with Crippen molar-refractivity contribution in [1.29, 1.82) is 0 Å². The number of aliphatic hydroxyl groups is 3. The molecule has 4 atom stereocenters. The van der Waals surface area contributed by atoms with E-state index < -0.39 is 38.4 Å². The van der Waals surface area contributed by atoms with Gasteiger partial charge in [-0.2, -0.15) is 0 Å². The number of rotatable bonds is 2. The van der Waals surface area contributed by atoms with Gasteiger partial charge >= 0.3 is 5.97 Å². The molecule has 0 aromatic carbocycles. The van der Waals surface area contributed by atoms with Crippen LogP contribution in [0.4, 0.5) is 0 Å². The Balaban J connectivity index is 3.60. The first kappa shape index (κ1) is 15.7. The molecule has 4 unspecified atom stereocenters. The third kappa shape index (κ3) is 2.03. The molecule has 1 rings (SSSR count). The van der Waals surface area contributed by atoms with E-state index in [1.165, 1.54) is 0 Å². The number of ketones is 1. The number of carboxylic acid groups (broad SMARTS) is 1. The lowest BCUT2D eigenvalue weighted by Gasteiger charge is -2.47. The van der Waals surface area contributed by atoms with Crippen LogP contribution in [-0.4, -0.2) is 47.4 Å². The van der Waals surface area contributed by atoms with E-state index in [-0.39, 0.29) is 0 Å². The number of Topliss-reactive ketones (excluding diaryl/α,β-unsaturated/α-hetero) is 1. The third-order valence-electron chi connectivity index (χ3n) is 2.62. The highest BCUT2D eigenvalue weighted by Crippen LogP contribution is 2.52. The molecule has 0 saturated carbocycles. The second-order valence-corrected chi connectivity index (χ2v) is 5.62. The quantitative estimate of drug-likeness (QED) is 0.533. The van der Waals surface area contributed by atoms with Crippen molar-refractivity contribution in [3.63, 3.8) is 0 Å². The van der Waals surface area contributed by atoms with Crippen molar-refractivity contribution in [2.45, 2.75) is 22.1 Å². The van der Waals surface area contributed by atoms with Crippen LogP contribution >= 0.6 is 34.8 Å². The van der Waals surface area contributed by atoms with Crippen molar-refractivity contribution in [2.24, 2.45) is 5.92 Å². The first-order chi connectivity index (χ1) is 7.86. The number of hydrogen-bond donors (Lipinski definition) is 4. The van der Waals surface area contributed by atoms with Gasteiger partial charge in [-0.25, -0.2) is 4.79 Å². The molecule has 1 aliphatic rings. The largest absolute Gasteiger partial charge is 0.478 e. The second-order valence-electron chi connectivity index (χ2n) is 3.92. The van der Waals surface area contributed by atoms with Crippen LogP contribution in [0.25, 0.3) is 0 Å². The van der Waals surface area contributed by atoms with Gasteiger partial charge in [-0.1, -0.05) is 34.8 Å². The monoisotopic (exact) mass is 318 g/mol. The van der Waals surface area contributed by atoms with Crippen LogP contribution in [-0.2, 0) is 9.59 Å². The van der Waals surface area contributed by atoms with E-state index in [1.54, 1.807) is 0 Å². The van der Waals surface area contributed by atoms with Crippen molar-refractivity contribution < 1.29 is 30.0 Å². The minimum absolute atomic E-state index is 0.465. The SMILES string of the molecule is CC(=O)C1C(C(=O)O)=CC(O)(Cl)C(O)(Cl)C1(O)Cl. The highest BCUT2D eigenvalue weighted by atomic mass is 35.5. The van der Waals surface area contributed by atoms with Gasteiger partial charge in [-0.3, -0.25) is 4.79 Å². The molecule has 0 amide bonds. The van der Waals surface area contributed by atoms with Crippen molar-refractivity contribution in [2.75, 3.05) is 0 Å². The van der Waals surface area contributed by atoms with Crippen LogP contribution < -0.4 is 0 Å². The molecule has 0 aliphatic heterocycles. The summed E-state index contributed by atoms with van der Waals surface area (Å²) in [5.74, 6) is -4.36. The lowest BCUT2D eigenvalue weighted by molar-refractivity contribution is -0.158. The summed E-state index contributed by atoms with van der Waals surface area (Å²) in [6.07, 6.45) is 0.465. The first-order valence-electron chi connectivity index (χ1n) is 4.56. The Morgan fingerprint density at radius 3 is 2.00 bits per heavy atom. The van der Waals surface area contributed by atoms with Crippen molar-refractivity contribution >= 4 is 46.6 Å². The van der Waals surface area contributed by atoms with Gasteiger partial charge in [0.1, 0.15) is 5.78 Å². The Morgan fingerprint density at radius 1 is 1.22 bits per heavy atom. The number of alkyl halides is 3. The Labute approximate surface area is 116 Å². The van der Waals surface area contributed by atoms with E-state index >= 15 is 0 Å². The van der Waals surface area contributed by atoms with Crippen molar-refractivity contribution in [3.05, 3.63) is 11.6 Å². The maximum atomic E-state index is 11.4. The van der Waals surface area contributed by atoms with E-state index in [9.17, 15) is 24.9 Å². The number of hydrogen-bond acceptors (Lipinski definition) is 5. The predicted molar refractivity (Wildman–Crippen MR) is 62.3 cm³/mol. The van der Waals surface area contributed by atoms with Crippen LogP contribution in [0.1, 0.15) is 6.92 Å². The number of carboxylic acids is 1. The molecule has 0 radical (unpaired) electrons. The van der Waals surface area contributed by atoms with Crippen LogP contribution in [0.5, 0.6) is 0 Å². The summed E-state index contributed by atoms with van der Waals surface area (Å²) in [7, 11) is 0. The molecule has 102 valence electrons. The molecule has 0 saturated heterocycles. The summed E-state index contributed by atoms with van der Waals surface area (Å²) in [5.41, 5.74) is -0.761. The van der Waals surface area contributed by atoms with E-state index in [0.29, 0.717) is 6.08 Å². The molecular formula is C9H9Cl3O6. The summed E-state index contributed by atoms with van der Waals surface area (Å²) in [5, 5.41) is 29.3. The van der Waals surface area contributed by atoms with Gasteiger partial charge < -0.3 is 20.4 Å². The molecule has 6 nitrogen and oxygen atoms in total. The molecule has 0 spiro atoms. The number of carbonyl (C=O) groups excluding carboxylic acids is 1. The van der Waals surface area contributed by atoms with Crippen molar-refractivity contribution in [1.82, 2.24) is 0 Å². The first-order valence-corrected chi connectivity index (χ1v) is 5.70. The predicted octanol–water partition coefficient (Wildman–Crippen LogP) is -0.00160. The van der Waals surface area contributed by atoms with Gasteiger partial charge in [0.25, 0.3) is 0 Å². The van der Waals surface area contributed by atoms with Crippen LogP contribution in [0.3, 0.4) is 0 Å². The van der Waals surface area contributed by atoms with Gasteiger partial charge in [0.2, 0.25) is 10.1 Å². The Morgan fingerprint density at radius 2 is 1.67 bits per heavy atom. The lowest BCUT2D eigenvalue weighted by atomic mass is 9.78. The van der Waals surface area contributed by atoms with Gasteiger partial charge in [0.15, 0.2) is 5.06 Å². The molecule has 1 aliphatic carbocycles. The molecule has 0 aromatic rings. The zero-order chi connectivity index (χ0) is 14.5. The molecular weight excluding hydrogens is 310 g/mol. The maximum absolute atomic E-state index is 11.4. The highest BCUT2D eigenvalue weighted by molar-refractivity contribution is 6.41. The Bertz CT molecular complexity index is 440. The average Bonchev–Trinajstić information content (AvgIpc) is 2.12. The minimum Gasteiger partial charge on any atom is -0.478 e. The fourth-order valence-electron chi connectivity index (χ4n) is 1.70. The molecule has 18 heavy (non-hydrogen) atoms. The number of halogens is 3. The average molecular weight is 320 g/mol. The van der Waals surface area contributed by atoms with Gasteiger partial charge in [-0.15, -0.1) is 0 Å². The summed E-state index contributed by atoms with van der Waals surface area (Å²) in [4.78, 5) is 22.4. The van der Waals surface area contributed by atoms with Crippen molar-refractivity contribution in [3.8, 4) is 0 Å². The summed E-state index contributed by atoms with van der Waals surface area (Å²) < 4.78 is 0. The maximum Gasteiger partial charge on any atom is 0.332 e. The molecule has 0 fully saturated rings. The Hall–Kier alpha value is -0.370. The lowest BCUT2D eigenvalue weighted by Crippen LogP contribution is -2.66. The molecule has 0 aromatic heterocycles. The van der Waals surface area contributed by atoms with Crippen LogP contribution in [0.2, 0.25) is 0 Å². The molecule has 4 N–H and O–H groups in total. The highest BCUT2D eigenvalue weighted by Gasteiger charge is 2.68. The number of carbonyl (C=O) groups is 2. The van der Waals surface area contributed by atoms with Gasteiger partial charge in [0.05, 0.1) is 11.5 Å². The van der Waals surface area contributed by atoms with Crippen LogP contribution in [0.15, 0.2) is 11.6 Å². The molecule has 9 heteroatoms. The Kier molecular flexibility index (Phi) is 3.77. The van der Waals surface area contributed by atoms with Crippen LogP contribution in [0, 0.1) is 5.92 Å². The fraction of sp³-hybridized carbons (Fsp3) is 0.556. The number of aliphatic carboxylic acids is 1. The summed E-state index contributed by atoms with van der Waals surface area (Å²) in [6.45, 7) is 0.945. The zero-order valence-electron chi connectivity index (χ0n) is 8.89. The normalized spacial score (nSPS) is 44.4. The second kappa shape index (κ2) is 4.33. The standard InChI is InChI=1S/C9H9Cl3O6/c1-3(13)5-4(6(14)15)2-7(10,16)9(12,18)8(5,11)17/h2,5,16-18H,1H3,(H,14,15). The smallest absolute Gasteiger partial charge is 0.332 e.